The molecule has 4 rings (SSSR count). The maximum Gasteiger partial charge on any atom is 0.272 e. The SMILES string of the molecule is CC(=O)NCCCCCC(=O)NCc1ccc(C(=O)NCCCCCC(=O)NCCCCCCNC(=O)c2nn(-c3ccc(Cl)cc3Cl)c(-c3ccc(Cl)cc3)c2C)cc1. The number of amides is 5. The number of unbranched alkanes of at least 4 members (excludes halogenated alkanes) is 7. The number of hydrogen-bond donors (Lipinski definition) is 5. The lowest BCUT2D eigenvalue weighted by Crippen LogP contribution is -2.26. The second-order valence-electron chi connectivity index (χ2n) is 14.7. The van der Waals surface area contributed by atoms with E-state index >= 15 is 0 Å². The predicted molar refractivity (Wildman–Crippen MR) is 239 cm³/mol. The molecule has 1 aromatic heterocycles. The Labute approximate surface area is 367 Å². The number of nitrogens with zero attached hydrogens (tertiary/aromatic N) is 2. The fourth-order valence-corrected chi connectivity index (χ4v) is 7.11. The summed E-state index contributed by atoms with van der Waals surface area (Å²) in [4.78, 5) is 61.1. The van der Waals surface area contributed by atoms with Crippen LogP contribution in [0, 0.1) is 6.92 Å². The van der Waals surface area contributed by atoms with Crippen LogP contribution in [0.5, 0.6) is 0 Å². The van der Waals surface area contributed by atoms with Gasteiger partial charge in [0.15, 0.2) is 5.69 Å². The quantitative estimate of drug-likeness (QED) is 0.0419. The van der Waals surface area contributed by atoms with E-state index in [1.807, 2.05) is 31.2 Å². The van der Waals surface area contributed by atoms with Crippen LogP contribution >= 0.6 is 34.8 Å². The Bertz CT molecular complexity index is 2040. The van der Waals surface area contributed by atoms with E-state index in [0.29, 0.717) is 83.1 Å². The average Bonchev–Trinajstić information content (AvgIpc) is 3.57. The highest BCUT2D eigenvalue weighted by Gasteiger charge is 2.23. The number of carbonyl (C=O) groups excluding carboxylic acids is 5. The van der Waals surface area contributed by atoms with Crippen LogP contribution < -0.4 is 26.6 Å². The lowest BCUT2D eigenvalue weighted by atomic mass is 10.1. The minimum Gasteiger partial charge on any atom is -0.356 e. The third-order valence-electron chi connectivity index (χ3n) is 9.83. The van der Waals surface area contributed by atoms with E-state index in [9.17, 15) is 24.0 Å². The molecule has 60 heavy (non-hydrogen) atoms. The highest BCUT2D eigenvalue weighted by molar-refractivity contribution is 6.35. The maximum absolute atomic E-state index is 13.3. The number of benzene rings is 3. The molecular weight excluding hydrogens is 825 g/mol. The topological polar surface area (TPSA) is 163 Å². The van der Waals surface area contributed by atoms with E-state index in [1.54, 1.807) is 47.1 Å². The van der Waals surface area contributed by atoms with Gasteiger partial charge in [-0.05, 0) is 93.5 Å². The number of carbonyl (C=O) groups is 5. The lowest BCUT2D eigenvalue weighted by molar-refractivity contribution is -0.122. The Kier molecular flexibility index (Phi) is 20.4. The highest BCUT2D eigenvalue weighted by atomic mass is 35.5. The largest absolute Gasteiger partial charge is 0.356 e. The van der Waals surface area contributed by atoms with Crippen LogP contribution in [0.1, 0.15) is 116 Å². The van der Waals surface area contributed by atoms with Crippen LogP contribution in [0.2, 0.25) is 15.1 Å². The van der Waals surface area contributed by atoms with Gasteiger partial charge in [-0.2, -0.15) is 5.10 Å². The van der Waals surface area contributed by atoms with Crippen LogP contribution in [0.3, 0.4) is 0 Å². The summed E-state index contributed by atoms with van der Waals surface area (Å²) < 4.78 is 1.67. The first-order chi connectivity index (χ1) is 28.9. The molecule has 0 unspecified atom stereocenters. The zero-order chi connectivity index (χ0) is 43.3. The van der Waals surface area contributed by atoms with E-state index in [4.69, 9.17) is 34.8 Å². The Morgan fingerprint density at radius 1 is 0.583 bits per heavy atom. The van der Waals surface area contributed by atoms with E-state index in [-0.39, 0.29) is 29.5 Å². The van der Waals surface area contributed by atoms with Crippen LogP contribution in [-0.2, 0) is 20.9 Å². The summed E-state index contributed by atoms with van der Waals surface area (Å²) in [6.07, 6.45) is 9.16. The molecule has 0 saturated heterocycles. The predicted octanol–water partition coefficient (Wildman–Crippen LogP) is 8.52. The van der Waals surface area contributed by atoms with Crippen molar-refractivity contribution in [3.05, 3.63) is 104 Å². The molecule has 0 bridgehead atoms. The third-order valence-corrected chi connectivity index (χ3v) is 10.6. The van der Waals surface area contributed by atoms with Gasteiger partial charge in [0.1, 0.15) is 0 Å². The van der Waals surface area contributed by atoms with Gasteiger partial charge in [-0.15, -0.1) is 0 Å². The van der Waals surface area contributed by atoms with Gasteiger partial charge in [0.2, 0.25) is 17.7 Å². The van der Waals surface area contributed by atoms with Crippen LogP contribution in [0.25, 0.3) is 16.9 Å². The van der Waals surface area contributed by atoms with Crippen molar-refractivity contribution in [1.82, 2.24) is 36.4 Å². The van der Waals surface area contributed by atoms with E-state index in [2.05, 4.69) is 31.7 Å². The molecule has 5 amide bonds. The maximum atomic E-state index is 13.3. The number of halogens is 3. The van der Waals surface area contributed by atoms with Crippen LogP contribution in [0.15, 0.2) is 66.7 Å². The summed E-state index contributed by atoms with van der Waals surface area (Å²) in [6.45, 7) is 6.00. The molecule has 0 aliphatic carbocycles. The molecule has 3 aromatic carbocycles. The van der Waals surface area contributed by atoms with Crippen molar-refractivity contribution in [3.63, 3.8) is 0 Å². The third kappa shape index (κ3) is 16.3. The molecule has 0 aliphatic rings. The molecule has 4 aromatic rings. The first-order valence-corrected chi connectivity index (χ1v) is 21.8. The Hall–Kier alpha value is -4.91. The van der Waals surface area contributed by atoms with Gasteiger partial charge in [-0.1, -0.05) is 84.8 Å². The number of aromatic nitrogens is 2. The van der Waals surface area contributed by atoms with Crippen molar-refractivity contribution in [3.8, 4) is 16.9 Å². The lowest BCUT2D eigenvalue weighted by Gasteiger charge is -2.11. The summed E-state index contributed by atoms with van der Waals surface area (Å²) in [6, 6.07) is 19.6. The van der Waals surface area contributed by atoms with Crippen molar-refractivity contribution in [1.29, 1.82) is 0 Å². The number of nitrogens with one attached hydrogen (secondary N) is 5. The van der Waals surface area contributed by atoms with E-state index in [0.717, 1.165) is 81.0 Å². The fraction of sp³-hybridized carbons (Fsp3) is 0.422. The van der Waals surface area contributed by atoms with E-state index in [1.165, 1.54) is 6.92 Å². The first-order valence-electron chi connectivity index (χ1n) is 20.7. The first kappa shape index (κ1) is 47.8. The van der Waals surface area contributed by atoms with Gasteiger partial charge in [-0.3, -0.25) is 24.0 Å². The summed E-state index contributed by atoms with van der Waals surface area (Å²) in [7, 11) is 0. The molecule has 15 heteroatoms. The number of rotatable bonds is 25. The van der Waals surface area contributed by atoms with Gasteiger partial charge in [0.05, 0.1) is 16.4 Å². The van der Waals surface area contributed by atoms with Crippen LogP contribution in [-0.4, -0.2) is 65.5 Å². The van der Waals surface area contributed by atoms with Crippen molar-refractivity contribution < 1.29 is 24.0 Å². The monoisotopic (exact) mass is 879 g/mol. The van der Waals surface area contributed by atoms with Gasteiger partial charge in [0.25, 0.3) is 11.8 Å². The Balaban J connectivity index is 1.03. The average molecular weight is 881 g/mol. The normalized spacial score (nSPS) is 10.9. The number of hydrogen-bond acceptors (Lipinski definition) is 6. The Morgan fingerprint density at radius 3 is 1.72 bits per heavy atom. The second-order valence-corrected chi connectivity index (χ2v) is 16.0. The zero-order valence-corrected chi connectivity index (χ0v) is 36.7. The standard InChI is InChI=1S/C45H56Cl3N7O5/c1-31-42(54-55(39-24-23-37(47)29-38(39)48)43(31)34-19-21-36(46)22-20-34)45(60)52-28-10-4-3-9-26-50-40(57)13-7-6-12-27-51-44(59)35-17-15-33(16-18-35)30-53-41(58)14-8-5-11-25-49-32(2)56/h15-24,29H,3-14,25-28,30H2,1-2H3,(H,49,56)(H,50,57)(H,51,59)(H,52,60)(H,53,58). The molecular formula is C45H56Cl3N7O5. The molecule has 0 saturated carbocycles. The Morgan fingerprint density at radius 2 is 1.12 bits per heavy atom. The smallest absolute Gasteiger partial charge is 0.272 e. The van der Waals surface area contributed by atoms with Gasteiger partial charge in [0, 0.05) is 79.2 Å². The fourth-order valence-electron chi connectivity index (χ4n) is 6.50. The summed E-state index contributed by atoms with van der Waals surface area (Å²) in [5.74, 6) is -0.471. The van der Waals surface area contributed by atoms with Crippen LogP contribution in [0.4, 0.5) is 0 Å². The molecule has 1 heterocycles. The minimum absolute atomic E-state index is 0.0214. The van der Waals surface area contributed by atoms with Crippen molar-refractivity contribution in [2.75, 3.05) is 26.2 Å². The molecule has 0 atom stereocenters. The molecule has 0 spiro atoms. The zero-order valence-electron chi connectivity index (χ0n) is 34.4. The van der Waals surface area contributed by atoms with Crippen molar-refractivity contribution in [2.45, 2.75) is 97.4 Å². The second kappa shape index (κ2) is 25.7. The summed E-state index contributed by atoms with van der Waals surface area (Å²) in [5.41, 5.74) is 4.65. The van der Waals surface area contributed by atoms with E-state index < -0.39 is 0 Å². The van der Waals surface area contributed by atoms with Crippen molar-refractivity contribution in [2.24, 2.45) is 0 Å². The van der Waals surface area contributed by atoms with Gasteiger partial charge in [-0.25, -0.2) is 4.68 Å². The minimum atomic E-state index is -0.271. The molecule has 5 N–H and O–H groups in total. The van der Waals surface area contributed by atoms with Crippen molar-refractivity contribution >= 4 is 64.3 Å². The van der Waals surface area contributed by atoms with Gasteiger partial charge < -0.3 is 26.6 Å². The van der Waals surface area contributed by atoms with Gasteiger partial charge >= 0.3 is 0 Å². The molecule has 0 aliphatic heterocycles. The highest BCUT2D eigenvalue weighted by Crippen LogP contribution is 2.33. The molecule has 0 radical (unpaired) electrons. The molecule has 12 nitrogen and oxygen atoms in total. The molecule has 322 valence electrons. The summed E-state index contributed by atoms with van der Waals surface area (Å²) in [5, 5.41) is 20.7. The summed E-state index contributed by atoms with van der Waals surface area (Å²) >= 11 is 18.8. The molecule has 0 fully saturated rings.